The van der Waals surface area contributed by atoms with Crippen molar-refractivity contribution in [3.63, 3.8) is 0 Å². The second-order valence-corrected chi connectivity index (χ2v) is 27.4. The molecule has 7 aromatic carbocycles. The van der Waals surface area contributed by atoms with Crippen LogP contribution >= 0.6 is 12.2 Å². The Morgan fingerprint density at radius 3 is 0.858 bits per heavy atom. The topological polar surface area (TPSA) is 524 Å². The highest BCUT2D eigenvalue weighted by molar-refractivity contribution is 7.71. The molecule has 14 heterocycles. The Kier molecular flexibility index (Phi) is 21.1. The van der Waals surface area contributed by atoms with Crippen molar-refractivity contribution in [2.45, 2.75) is 41.5 Å². The minimum absolute atomic E-state index is 0.0221. The Bertz CT molecular complexity index is 7800. The number of aromatic nitrogens is 14. The molecule has 0 aromatic heterocycles. The lowest BCUT2D eigenvalue weighted by molar-refractivity contribution is 0.418. The third-order valence-corrected chi connectivity index (χ3v) is 18.2. The maximum Gasteiger partial charge on any atom is 0.351 e. The first-order valence-electron chi connectivity index (χ1n) is 35.7. The van der Waals surface area contributed by atoms with E-state index in [1.807, 2.05) is 151 Å². The summed E-state index contributed by atoms with van der Waals surface area (Å²) in [6, 6.07) is 50.8. The van der Waals surface area contributed by atoms with Gasteiger partial charge in [-0.05, 0) is 179 Å². The van der Waals surface area contributed by atoms with Gasteiger partial charge in [-0.1, -0.05) is 78.4 Å². The Labute approximate surface area is 669 Å². The predicted octanol–water partition coefficient (Wildman–Crippen LogP) is 10.1. The van der Waals surface area contributed by atoms with Gasteiger partial charge in [0.2, 0.25) is 46.0 Å². The van der Waals surface area contributed by atoms with Crippen molar-refractivity contribution < 1.29 is 35.7 Å². The molecule has 0 saturated carbocycles. The lowest BCUT2D eigenvalue weighted by Gasteiger charge is -2.09. The molecule has 0 fully saturated rings. The van der Waals surface area contributed by atoms with Gasteiger partial charge in [0.15, 0.2) is 0 Å². The van der Waals surface area contributed by atoms with Crippen LogP contribution in [0.2, 0.25) is 0 Å². The van der Waals surface area contributed by atoms with Gasteiger partial charge in [0.1, 0.15) is 83.8 Å². The number of para-hydroxylation sites is 1. The van der Waals surface area contributed by atoms with Crippen molar-refractivity contribution in [1.29, 1.82) is 0 Å². The van der Waals surface area contributed by atoms with Crippen molar-refractivity contribution in [1.82, 2.24) is 69.8 Å². The molecule has 36 heteroatoms. The molecular formula is C84H56N14O21S. The minimum Gasteiger partial charge on any atom is -0.496 e. The Hall–Kier alpha value is -16.8. The van der Waals surface area contributed by atoms with Gasteiger partial charge in [-0.25, -0.2) is 28.8 Å². The maximum absolute atomic E-state index is 11.7. The zero-order chi connectivity index (χ0) is 84.6. The fourth-order valence-electron chi connectivity index (χ4n) is 12.4. The summed E-state index contributed by atoms with van der Waals surface area (Å²) in [4.78, 5) is 189. The number of methoxy groups -OCH3 is 1. The molecule has 0 atom stereocenters. The number of H-pyrrole nitrogens is 7. The standard InChI is InChI=1S/C13H10N2O4.4C12H8N2O3.C12H8N2O2S.C11H6N2O3/c1-6-3-9(18-2)7-5-8-11(16)14-13(17)15-12(8)19-10(7)4-6;1-6-2-3-9-7(4-6)5-8-10(15)13-12(16)14-11(8)17-9;3*1-6-2-3-7-5-8-10(15)13-12(16)14-11(8)17-9(7)4-6;1-6-2-3-7-5-8-10(15)13-12(17)14-11(8)16-9(7)4-6;14-9-7-5-6-3-1-2-4-8(6)16-10(7)13-11(15)12-9/h3-5H,1-2H3,(H,14,16,17);4*2-5H,1H3,(H,13,15,16);2-5H,1H3,(H,13,15,17);1-5H,(H,12,14,15). The van der Waals surface area contributed by atoms with Crippen LogP contribution in [0.5, 0.6) is 5.75 Å². The highest BCUT2D eigenvalue weighted by Crippen LogP contribution is 2.33. The summed E-state index contributed by atoms with van der Waals surface area (Å²) >= 11 is 4.85. The summed E-state index contributed by atoms with van der Waals surface area (Å²) in [5, 5.41) is 5.53. The van der Waals surface area contributed by atoms with Crippen LogP contribution in [0.1, 0.15) is 33.4 Å². The summed E-state index contributed by atoms with van der Waals surface area (Å²) < 4.78 is 43.7. The number of ether oxygens (including phenoxy) is 1. The van der Waals surface area contributed by atoms with Crippen LogP contribution in [0.4, 0.5) is 0 Å². The first kappa shape index (κ1) is 78.5. The summed E-state index contributed by atoms with van der Waals surface area (Å²) in [5.41, 5.74) is 5.04. The van der Waals surface area contributed by atoms with Crippen molar-refractivity contribution in [2.75, 3.05) is 7.11 Å². The van der Waals surface area contributed by atoms with Crippen LogP contribution in [0.25, 0.3) is 157 Å². The molecule has 0 aliphatic carbocycles. The normalized spacial score (nSPS) is 11.1. The van der Waals surface area contributed by atoms with Crippen LogP contribution in [-0.4, -0.2) is 76.9 Å². The Morgan fingerprint density at radius 1 is 0.250 bits per heavy atom. The van der Waals surface area contributed by atoms with Gasteiger partial charge in [-0.15, -0.1) is 0 Å². The second kappa shape index (κ2) is 32.2. The van der Waals surface area contributed by atoms with Crippen molar-refractivity contribution in [3.8, 4) is 85.9 Å². The predicted molar refractivity (Wildman–Crippen MR) is 442 cm³/mol. The molecule has 0 bridgehead atoms. The summed E-state index contributed by atoms with van der Waals surface area (Å²) in [6.07, 6.45) is 0. The molecule has 0 radical (unpaired) electrons. The number of hydrogen-bond acceptors (Lipinski definition) is 29. The fourth-order valence-corrected chi connectivity index (χ4v) is 12.6. The molecule has 0 unspecified atom stereocenters. The second-order valence-electron chi connectivity index (χ2n) is 27.0. The molecule has 0 amide bonds. The molecule has 0 spiro atoms. The SMILES string of the molecule is COc1cc(C)cc2oc3nc(=O)[nH]c(=O)c-3cc12.Cc1ccc2cc3c(=O)[nH]c(=O)nc-3oc2c1.Cc1ccc2cc3c(=O)[nH]c(=O)nc-3oc2c1.Cc1ccc2cc3c(=O)[nH]c(=O)nc-3oc2c1.Cc1ccc2cc3c(=O)[nH]c(=S)nc-3oc2c1.Cc1ccc2oc3nc(=O)[nH]c(=O)c-3cc2c1.O=c1nc2oc3ccccc3cc-2c(=O)[nH]1. The summed E-state index contributed by atoms with van der Waals surface area (Å²) in [7, 11) is 1.54. The third kappa shape index (κ3) is 16.9. The quantitative estimate of drug-likeness (QED) is 0.0593. The largest absolute Gasteiger partial charge is 0.496 e. The molecular weight excluding hydrogens is 1570 g/mol. The number of fused-ring (bicyclic) bond motifs is 14. The molecule has 120 heavy (non-hydrogen) atoms. The van der Waals surface area contributed by atoms with Gasteiger partial charge in [0.05, 0.1) is 12.5 Å². The van der Waals surface area contributed by atoms with E-state index in [2.05, 4.69) is 69.8 Å². The first-order chi connectivity index (χ1) is 57.5. The van der Waals surface area contributed by atoms with Crippen LogP contribution in [0.3, 0.4) is 0 Å². The van der Waals surface area contributed by atoms with Gasteiger partial charge in [0, 0.05) is 32.3 Å². The van der Waals surface area contributed by atoms with Crippen molar-refractivity contribution in [2.24, 2.45) is 0 Å². The van der Waals surface area contributed by atoms with Gasteiger partial charge < -0.3 is 35.7 Å². The highest BCUT2D eigenvalue weighted by Gasteiger charge is 2.21. The molecule has 35 nitrogen and oxygen atoms in total. The Balaban J connectivity index is 0.000000109. The monoisotopic (exact) mass is 1630 g/mol. The molecule has 7 aromatic rings. The third-order valence-electron chi connectivity index (χ3n) is 18.1. The Morgan fingerprint density at radius 2 is 0.508 bits per heavy atom. The number of rotatable bonds is 1. The number of nitrogens with one attached hydrogen (secondary N) is 7. The van der Waals surface area contributed by atoms with E-state index in [9.17, 15) is 62.3 Å². The first-order valence-corrected chi connectivity index (χ1v) is 36.1. The smallest absolute Gasteiger partial charge is 0.351 e. The molecule has 7 N–H and O–H groups in total. The lowest BCUT2D eigenvalue weighted by Crippen LogP contribution is -2.24. The van der Waals surface area contributed by atoms with Crippen molar-refractivity contribution >= 4 is 89.0 Å². The molecule has 14 aliphatic rings. The average Bonchev–Trinajstić information content (AvgIpc) is 0.696. The number of aromatic amines is 7. The van der Waals surface area contributed by atoms with Crippen LogP contribution in [0, 0.1) is 46.3 Å². The van der Waals surface area contributed by atoms with Gasteiger partial charge in [0.25, 0.3) is 38.9 Å². The van der Waals surface area contributed by atoms with Gasteiger partial charge in [-0.3, -0.25) is 68.4 Å². The number of nitrogens with zero attached hydrogens (tertiary/aromatic N) is 7. The van der Waals surface area contributed by atoms with Gasteiger partial charge >= 0.3 is 34.1 Å². The van der Waals surface area contributed by atoms with E-state index < -0.39 is 67.5 Å². The molecule has 0 saturated heterocycles. The van der Waals surface area contributed by atoms with Crippen LogP contribution < -0.4 is 77.8 Å². The van der Waals surface area contributed by atoms with Crippen LogP contribution in [0.15, 0.2) is 263 Å². The zero-order valence-electron chi connectivity index (χ0n) is 63.3. The highest BCUT2D eigenvalue weighted by atomic mass is 32.1. The number of aryl methyl sites for hydroxylation is 6. The van der Waals surface area contributed by atoms with Crippen molar-refractivity contribution in [3.05, 3.63) is 343 Å². The number of benzene rings is 7. The lowest BCUT2D eigenvalue weighted by atomic mass is 10.1. The van der Waals surface area contributed by atoms with E-state index in [0.717, 1.165) is 65.7 Å². The fraction of sp³-hybridized carbons (Fsp3) is 0.0833. The van der Waals surface area contributed by atoms with E-state index >= 15 is 0 Å². The summed E-state index contributed by atoms with van der Waals surface area (Å²) in [6.45, 7) is 11.6. The molecule has 14 aliphatic heterocycles. The maximum atomic E-state index is 11.7. The number of hydrogen-bond donors (Lipinski definition) is 7. The minimum atomic E-state index is -0.722. The van der Waals surface area contributed by atoms with E-state index in [1.54, 1.807) is 67.8 Å². The van der Waals surface area contributed by atoms with E-state index in [4.69, 9.17) is 47.9 Å². The zero-order valence-corrected chi connectivity index (χ0v) is 64.1. The molecule has 21 rings (SSSR count). The van der Waals surface area contributed by atoms with Gasteiger partial charge in [-0.2, -0.15) is 34.9 Å². The van der Waals surface area contributed by atoms with E-state index in [0.29, 0.717) is 55.8 Å². The van der Waals surface area contributed by atoms with E-state index in [1.165, 1.54) is 0 Å². The average molecular weight is 1630 g/mol. The molecule has 594 valence electrons. The van der Waals surface area contributed by atoms with E-state index in [-0.39, 0.29) is 84.9 Å². The summed E-state index contributed by atoms with van der Waals surface area (Å²) in [5.74, 6) is 1.23. The van der Waals surface area contributed by atoms with Crippen LogP contribution in [-0.2, 0) is 0 Å².